The van der Waals surface area contributed by atoms with E-state index in [1.54, 1.807) is 36.7 Å². The summed E-state index contributed by atoms with van der Waals surface area (Å²) in [6, 6.07) is 12.5. The molecule has 32 heavy (non-hydrogen) atoms. The van der Waals surface area contributed by atoms with Crippen molar-refractivity contribution in [1.29, 1.82) is 0 Å². The Kier molecular flexibility index (Phi) is 5.82. The van der Waals surface area contributed by atoms with Crippen LogP contribution in [-0.4, -0.2) is 44.5 Å². The Hall–Kier alpha value is -4.24. The van der Waals surface area contributed by atoms with Crippen LogP contribution in [-0.2, 0) is 9.53 Å². The van der Waals surface area contributed by atoms with Crippen LogP contribution in [0.2, 0.25) is 5.02 Å². The minimum absolute atomic E-state index is 0.0443. The molecule has 0 aliphatic carbocycles. The van der Waals surface area contributed by atoms with Crippen LogP contribution in [0.1, 0.15) is 20.7 Å². The number of nitrogens with zero attached hydrogens (tertiary/aromatic N) is 2. The number of pyridine rings is 1. The summed E-state index contributed by atoms with van der Waals surface area (Å²) < 4.78 is 5.07. The first-order valence-electron chi connectivity index (χ1n) is 9.31. The Morgan fingerprint density at radius 3 is 2.72 bits per heavy atom. The van der Waals surface area contributed by atoms with Gasteiger partial charge in [0.05, 0.1) is 27.2 Å². The number of hydrogen-bond donors (Lipinski definition) is 3. The van der Waals surface area contributed by atoms with Gasteiger partial charge in [-0.2, -0.15) is 0 Å². The van der Waals surface area contributed by atoms with E-state index in [4.69, 9.17) is 21.4 Å². The number of hydrogen-bond acceptors (Lipinski definition) is 6. The number of aromatic nitrogens is 3. The second kappa shape index (κ2) is 8.86. The number of aromatic carboxylic acids is 1. The molecule has 0 saturated heterocycles. The lowest BCUT2D eigenvalue weighted by Gasteiger charge is -2.08. The number of amides is 1. The molecule has 0 aliphatic rings. The highest BCUT2D eigenvalue weighted by molar-refractivity contribution is 6.33. The lowest BCUT2D eigenvalue weighted by atomic mass is 10.2. The van der Waals surface area contributed by atoms with E-state index in [2.05, 4.69) is 20.3 Å². The van der Waals surface area contributed by atoms with Crippen LogP contribution in [0.3, 0.4) is 0 Å². The first kappa shape index (κ1) is 21.0. The first-order chi connectivity index (χ1) is 15.4. The van der Waals surface area contributed by atoms with Crippen molar-refractivity contribution < 1.29 is 24.2 Å². The predicted octanol–water partition coefficient (Wildman–Crippen LogP) is 3.77. The van der Waals surface area contributed by atoms with Gasteiger partial charge in [0, 0.05) is 23.6 Å². The van der Waals surface area contributed by atoms with Gasteiger partial charge in [-0.25, -0.2) is 14.6 Å². The van der Waals surface area contributed by atoms with Gasteiger partial charge in [-0.1, -0.05) is 11.6 Å². The molecule has 9 nitrogen and oxygen atoms in total. The summed E-state index contributed by atoms with van der Waals surface area (Å²) in [5.74, 6) is -1.93. The number of carboxylic acids is 1. The molecule has 0 radical (unpaired) electrons. The van der Waals surface area contributed by atoms with Crippen molar-refractivity contribution >= 4 is 46.2 Å². The van der Waals surface area contributed by atoms with E-state index >= 15 is 0 Å². The second-order valence-electron chi connectivity index (χ2n) is 6.68. The van der Waals surface area contributed by atoms with Crippen LogP contribution >= 0.6 is 11.6 Å². The number of ether oxygens (including phenoxy) is 1. The van der Waals surface area contributed by atoms with E-state index in [1.807, 2.05) is 6.07 Å². The summed E-state index contributed by atoms with van der Waals surface area (Å²) in [6.45, 7) is -0.550. The summed E-state index contributed by atoms with van der Waals surface area (Å²) in [7, 11) is 0. The Bertz CT molecular complexity index is 1340. The topological polar surface area (TPSA) is 134 Å². The number of halogens is 1. The number of carbonyl (C=O) groups excluding carboxylic acids is 2. The number of anilines is 1. The van der Waals surface area contributed by atoms with Gasteiger partial charge in [0.15, 0.2) is 6.61 Å². The summed E-state index contributed by atoms with van der Waals surface area (Å²) in [4.78, 5) is 47.2. The molecule has 2 aromatic heterocycles. The highest BCUT2D eigenvalue weighted by atomic mass is 35.5. The molecule has 2 heterocycles. The fourth-order valence-corrected chi connectivity index (χ4v) is 3.15. The standard InChI is InChI=1S/C22H15ClN4O5/c23-16-5-4-14(9-15(16)21(29)30)25-19(28)11-32-22(31)12-3-6-17-18(8-12)27-20(26-17)13-2-1-7-24-10-13/h1-10H,11H2,(H,25,28)(H,26,27)(H,29,30). The van der Waals surface area contributed by atoms with Crippen molar-refractivity contribution in [1.82, 2.24) is 15.0 Å². The van der Waals surface area contributed by atoms with Crippen LogP contribution < -0.4 is 5.32 Å². The maximum absolute atomic E-state index is 12.4. The molecule has 4 aromatic rings. The molecule has 3 N–H and O–H groups in total. The van der Waals surface area contributed by atoms with Gasteiger partial charge in [-0.15, -0.1) is 0 Å². The van der Waals surface area contributed by atoms with Crippen LogP contribution in [0.25, 0.3) is 22.4 Å². The van der Waals surface area contributed by atoms with Crippen molar-refractivity contribution in [2.75, 3.05) is 11.9 Å². The minimum Gasteiger partial charge on any atom is -0.478 e. The van der Waals surface area contributed by atoms with Crippen LogP contribution in [0.15, 0.2) is 60.9 Å². The van der Waals surface area contributed by atoms with Crippen molar-refractivity contribution in [3.8, 4) is 11.4 Å². The molecule has 10 heteroatoms. The molecule has 160 valence electrons. The Morgan fingerprint density at radius 2 is 1.97 bits per heavy atom. The number of benzene rings is 2. The minimum atomic E-state index is -1.22. The van der Waals surface area contributed by atoms with Crippen molar-refractivity contribution in [3.05, 3.63) is 77.1 Å². The van der Waals surface area contributed by atoms with Gasteiger partial charge in [0.25, 0.3) is 5.91 Å². The van der Waals surface area contributed by atoms with Gasteiger partial charge >= 0.3 is 11.9 Å². The van der Waals surface area contributed by atoms with Gasteiger partial charge < -0.3 is 20.1 Å². The number of imidazole rings is 1. The normalized spacial score (nSPS) is 10.7. The van der Waals surface area contributed by atoms with Crippen LogP contribution in [0, 0.1) is 0 Å². The highest BCUT2D eigenvalue weighted by Gasteiger charge is 2.14. The van der Waals surface area contributed by atoms with Gasteiger partial charge in [0.1, 0.15) is 5.82 Å². The summed E-state index contributed by atoms with van der Waals surface area (Å²) in [5, 5.41) is 11.6. The van der Waals surface area contributed by atoms with Gasteiger partial charge in [-0.3, -0.25) is 9.78 Å². The third-order valence-corrected chi connectivity index (χ3v) is 4.80. The zero-order chi connectivity index (χ0) is 22.7. The zero-order valence-corrected chi connectivity index (χ0v) is 17.1. The molecule has 0 fully saturated rings. The first-order valence-corrected chi connectivity index (χ1v) is 9.68. The molecule has 4 rings (SSSR count). The SMILES string of the molecule is O=C(COC(=O)c1ccc2nc(-c3cccnc3)[nH]c2c1)Nc1ccc(Cl)c(C(=O)O)c1. The third-order valence-electron chi connectivity index (χ3n) is 4.47. The smallest absolute Gasteiger partial charge is 0.338 e. The average Bonchev–Trinajstić information content (AvgIpc) is 3.22. The van der Waals surface area contributed by atoms with Crippen molar-refractivity contribution in [3.63, 3.8) is 0 Å². The van der Waals surface area contributed by atoms with E-state index in [0.29, 0.717) is 16.9 Å². The molecule has 0 spiro atoms. The van der Waals surface area contributed by atoms with Gasteiger partial charge in [0.2, 0.25) is 0 Å². The Labute approximate surface area is 186 Å². The number of esters is 1. The van der Waals surface area contributed by atoms with Crippen LogP contribution in [0.4, 0.5) is 5.69 Å². The van der Waals surface area contributed by atoms with E-state index in [-0.39, 0.29) is 21.8 Å². The molecule has 1 amide bonds. The van der Waals surface area contributed by atoms with E-state index < -0.39 is 24.5 Å². The number of fused-ring (bicyclic) bond motifs is 1. The number of H-pyrrole nitrogens is 1. The van der Waals surface area contributed by atoms with E-state index in [1.165, 1.54) is 18.2 Å². The second-order valence-corrected chi connectivity index (χ2v) is 7.09. The molecule has 0 bridgehead atoms. The van der Waals surface area contributed by atoms with Crippen molar-refractivity contribution in [2.24, 2.45) is 0 Å². The quantitative estimate of drug-likeness (QED) is 0.380. The largest absolute Gasteiger partial charge is 0.478 e. The van der Waals surface area contributed by atoms with E-state index in [9.17, 15) is 14.4 Å². The number of nitrogens with one attached hydrogen (secondary N) is 2. The van der Waals surface area contributed by atoms with E-state index in [0.717, 1.165) is 5.56 Å². The summed E-state index contributed by atoms with van der Waals surface area (Å²) in [6.07, 6.45) is 3.33. The number of carbonyl (C=O) groups is 3. The molecule has 0 saturated carbocycles. The highest BCUT2D eigenvalue weighted by Crippen LogP contribution is 2.22. The molecular formula is C22H15ClN4O5. The number of rotatable bonds is 6. The molecule has 0 atom stereocenters. The molecule has 0 aliphatic heterocycles. The van der Waals surface area contributed by atoms with Crippen molar-refractivity contribution in [2.45, 2.75) is 0 Å². The number of carboxylic acid groups (broad SMARTS) is 1. The molecular weight excluding hydrogens is 436 g/mol. The summed E-state index contributed by atoms with van der Waals surface area (Å²) >= 11 is 5.80. The monoisotopic (exact) mass is 450 g/mol. The van der Waals surface area contributed by atoms with Gasteiger partial charge in [-0.05, 0) is 48.5 Å². The average molecular weight is 451 g/mol. The maximum atomic E-state index is 12.4. The third kappa shape index (κ3) is 4.57. The molecule has 0 unspecified atom stereocenters. The lowest BCUT2D eigenvalue weighted by Crippen LogP contribution is -2.21. The number of aromatic amines is 1. The zero-order valence-electron chi connectivity index (χ0n) is 16.3. The predicted molar refractivity (Wildman–Crippen MR) is 117 cm³/mol. The lowest BCUT2D eigenvalue weighted by molar-refractivity contribution is -0.119. The Balaban J connectivity index is 1.41. The maximum Gasteiger partial charge on any atom is 0.338 e. The summed E-state index contributed by atoms with van der Waals surface area (Å²) in [5.41, 5.74) is 2.40. The Morgan fingerprint density at radius 1 is 1.12 bits per heavy atom. The molecule has 2 aromatic carbocycles. The van der Waals surface area contributed by atoms with Crippen LogP contribution in [0.5, 0.6) is 0 Å². The fraction of sp³-hybridized carbons (Fsp3) is 0.0455. The fourth-order valence-electron chi connectivity index (χ4n) is 2.95.